The Bertz CT molecular complexity index is 1410. The smallest absolute Gasteiger partial charge is 0.312 e. The van der Waals surface area contributed by atoms with Gasteiger partial charge in [0.1, 0.15) is 12.7 Å². The van der Waals surface area contributed by atoms with Crippen molar-refractivity contribution < 1.29 is 28.5 Å². The van der Waals surface area contributed by atoms with E-state index in [0.717, 1.165) is 70.8 Å². The summed E-state index contributed by atoms with van der Waals surface area (Å²) in [4.78, 5) is 30.5. The van der Waals surface area contributed by atoms with Gasteiger partial charge in [0.2, 0.25) is 0 Å². The first-order chi connectivity index (χ1) is 31.5. The molecular weight excluding hydrogens is 797 g/mol. The number of hydrogen-bond donors (Lipinski definition) is 0. The highest BCUT2D eigenvalue weighted by molar-refractivity contribution is 5.72. The Balaban J connectivity index is 1.74. The fourth-order valence-electron chi connectivity index (χ4n) is 8.35. The Kier molecular flexibility index (Phi) is 36.6. The molecule has 0 N–H and O–H groups in total. The fourth-order valence-corrected chi connectivity index (χ4v) is 8.35. The van der Waals surface area contributed by atoms with Gasteiger partial charge in [0.15, 0.2) is 0 Å². The number of imidazole rings is 1. The van der Waals surface area contributed by atoms with Crippen molar-refractivity contribution in [2.75, 3.05) is 26.4 Å². The van der Waals surface area contributed by atoms with E-state index in [4.69, 9.17) is 18.9 Å². The molecule has 1 aliphatic carbocycles. The van der Waals surface area contributed by atoms with E-state index >= 15 is 0 Å². The molecule has 0 amide bonds. The molecule has 8 heteroatoms. The van der Waals surface area contributed by atoms with Crippen molar-refractivity contribution in [3.8, 4) is 0 Å². The molecule has 1 aliphatic rings. The van der Waals surface area contributed by atoms with Crippen LogP contribution in [0.25, 0.3) is 0 Å². The summed E-state index contributed by atoms with van der Waals surface area (Å²) >= 11 is 0. The largest absolute Gasteiger partial charge is 0.463 e. The van der Waals surface area contributed by atoms with Crippen molar-refractivity contribution in [2.24, 2.45) is 18.9 Å². The Hall–Kier alpha value is -3.23. The van der Waals surface area contributed by atoms with Crippen molar-refractivity contribution in [1.29, 1.82) is 0 Å². The van der Waals surface area contributed by atoms with Crippen LogP contribution in [0.4, 0.5) is 0 Å². The van der Waals surface area contributed by atoms with E-state index in [1.807, 2.05) is 17.8 Å². The zero-order valence-corrected chi connectivity index (χ0v) is 41.4. The quantitative estimate of drug-likeness (QED) is 0.0367. The number of esters is 2. The van der Waals surface area contributed by atoms with Crippen molar-refractivity contribution in [2.45, 2.75) is 219 Å². The number of aromatic nitrogens is 2. The van der Waals surface area contributed by atoms with Crippen molar-refractivity contribution in [3.05, 3.63) is 79.0 Å². The number of carbonyl (C=O) groups excluding carboxylic acids is 2. The highest BCUT2D eigenvalue weighted by Gasteiger charge is 2.39. The molecule has 0 aliphatic heterocycles. The van der Waals surface area contributed by atoms with Gasteiger partial charge in [0.25, 0.3) is 0 Å². The maximum absolute atomic E-state index is 13.4. The van der Waals surface area contributed by atoms with Crippen LogP contribution in [-0.2, 0) is 42.0 Å². The molecular formula is C56H94N2O6. The number of hydrogen-bond acceptors (Lipinski definition) is 7. The first kappa shape index (κ1) is 56.9. The van der Waals surface area contributed by atoms with E-state index in [1.165, 1.54) is 103 Å². The lowest BCUT2D eigenvalue weighted by Gasteiger charge is -2.24. The molecule has 0 saturated heterocycles. The van der Waals surface area contributed by atoms with E-state index in [0.29, 0.717) is 31.7 Å². The van der Waals surface area contributed by atoms with Gasteiger partial charge in [0, 0.05) is 51.8 Å². The van der Waals surface area contributed by atoms with E-state index in [1.54, 1.807) is 6.33 Å². The highest BCUT2D eigenvalue weighted by atomic mass is 16.6. The van der Waals surface area contributed by atoms with Crippen LogP contribution in [0.5, 0.6) is 0 Å². The third-order valence-corrected chi connectivity index (χ3v) is 12.2. The van der Waals surface area contributed by atoms with Gasteiger partial charge in [-0.1, -0.05) is 152 Å². The Morgan fingerprint density at radius 2 is 1.27 bits per heavy atom. The summed E-state index contributed by atoms with van der Waals surface area (Å²) < 4.78 is 26.2. The van der Waals surface area contributed by atoms with Crippen molar-refractivity contribution in [3.63, 3.8) is 0 Å². The van der Waals surface area contributed by atoms with Crippen LogP contribution >= 0.6 is 0 Å². The Morgan fingerprint density at radius 3 is 1.88 bits per heavy atom. The van der Waals surface area contributed by atoms with Gasteiger partial charge in [-0.25, -0.2) is 4.98 Å². The number of rotatable bonds is 42. The third kappa shape index (κ3) is 31.6. The first-order valence-corrected chi connectivity index (χ1v) is 26.2. The zero-order chi connectivity index (χ0) is 46.0. The van der Waals surface area contributed by atoms with Crippen molar-refractivity contribution in [1.82, 2.24) is 9.55 Å². The molecule has 0 spiro atoms. The second-order valence-electron chi connectivity index (χ2n) is 18.1. The van der Waals surface area contributed by atoms with Crippen LogP contribution in [0.2, 0.25) is 0 Å². The van der Waals surface area contributed by atoms with Gasteiger partial charge in [-0.05, 0) is 102 Å². The fraction of sp³-hybridized carbons (Fsp3) is 0.732. The molecule has 1 aromatic heterocycles. The SMILES string of the molecule is CC/C=C\CC1C(CC(=O)OCC(CCOCCCCCCCC/C=C\C/C=C\CCCC)OCCCCCCC/C=C\C/C=C\CCCCC)CCC1OC(=O)Cc1cn(C)cn1. The lowest BCUT2D eigenvalue weighted by atomic mass is 9.88. The molecule has 4 unspecified atom stereocenters. The van der Waals surface area contributed by atoms with Crippen LogP contribution in [-0.4, -0.2) is 60.1 Å². The topological polar surface area (TPSA) is 88.9 Å². The van der Waals surface area contributed by atoms with E-state index in [9.17, 15) is 9.59 Å². The Labute approximate surface area is 392 Å². The van der Waals surface area contributed by atoms with E-state index in [2.05, 4.69) is 86.5 Å². The van der Waals surface area contributed by atoms with Crippen LogP contribution in [0.1, 0.15) is 206 Å². The van der Waals surface area contributed by atoms with Gasteiger partial charge in [-0.3, -0.25) is 9.59 Å². The minimum absolute atomic E-state index is 0.0801. The minimum atomic E-state index is -0.265. The molecule has 0 bridgehead atoms. The zero-order valence-electron chi connectivity index (χ0n) is 41.4. The standard InChI is InChI=1S/C56H94N2O6/c1-5-8-11-13-15-17-19-21-23-25-27-29-31-33-36-42-61-44-41-52(62-43-37-34-32-30-28-26-24-22-20-18-16-14-12-9-6-2)48-63-55(59)45-50-39-40-54(53(50)38-35-10-7-3)64-56(60)46-51-47-58(4)49-57-51/h10,13,15-16,18-19,21-22,24,35,47,49-50,52-54H,5-9,11-12,14,17,20,23,25-34,36-46,48H2,1-4H3/b15-13-,18-16-,21-19-,24-22-,35-10-. The maximum Gasteiger partial charge on any atom is 0.312 e. The van der Waals surface area contributed by atoms with Crippen LogP contribution in [0, 0.1) is 11.8 Å². The summed E-state index contributed by atoms with van der Waals surface area (Å²) in [6, 6.07) is 0. The summed E-state index contributed by atoms with van der Waals surface area (Å²) in [5, 5.41) is 0. The molecule has 8 nitrogen and oxygen atoms in total. The van der Waals surface area contributed by atoms with Crippen LogP contribution in [0.15, 0.2) is 73.3 Å². The number of allylic oxidation sites excluding steroid dienone is 10. The van der Waals surface area contributed by atoms with Gasteiger partial charge in [0.05, 0.1) is 24.5 Å². The average Bonchev–Trinajstić information content (AvgIpc) is 3.87. The normalized spacial score (nSPS) is 17.3. The molecule has 64 heavy (non-hydrogen) atoms. The number of ether oxygens (including phenoxy) is 4. The molecule has 364 valence electrons. The minimum Gasteiger partial charge on any atom is -0.463 e. The maximum atomic E-state index is 13.4. The molecule has 1 heterocycles. The molecule has 2 rings (SSSR count). The second-order valence-corrected chi connectivity index (χ2v) is 18.1. The number of aryl methyl sites for hydroxylation is 1. The lowest BCUT2D eigenvalue weighted by molar-refractivity contribution is -0.151. The number of unbranched alkanes of at least 4 members (excludes halogenated alkanes) is 16. The predicted molar refractivity (Wildman–Crippen MR) is 267 cm³/mol. The predicted octanol–water partition coefficient (Wildman–Crippen LogP) is 14.8. The van der Waals surface area contributed by atoms with Gasteiger partial charge < -0.3 is 23.5 Å². The van der Waals surface area contributed by atoms with E-state index < -0.39 is 0 Å². The average molecular weight is 891 g/mol. The third-order valence-electron chi connectivity index (χ3n) is 12.2. The summed E-state index contributed by atoms with van der Waals surface area (Å²) in [5.41, 5.74) is 0.701. The van der Waals surface area contributed by atoms with E-state index in [-0.39, 0.29) is 49.0 Å². The second kappa shape index (κ2) is 41.2. The summed E-state index contributed by atoms with van der Waals surface area (Å²) in [6.07, 6.45) is 57.0. The van der Waals surface area contributed by atoms with Gasteiger partial charge in [-0.2, -0.15) is 0 Å². The Morgan fingerprint density at radius 1 is 0.672 bits per heavy atom. The molecule has 0 radical (unpaired) electrons. The van der Waals surface area contributed by atoms with Crippen LogP contribution < -0.4 is 0 Å². The molecule has 1 aromatic rings. The molecule has 4 atom stereocenters. The molecule has 1 fully saturated rings. The summed E-state index contributed by atoms with van der Waals surface area (Å²) in [6.45, 7) is 8.87. The lowest BCUT2D eigenvalue weighted by Crippen LogP contribution is -2.28. The number of carbonyl (C=O) groups is 2. The number of nitrogens with zero attached hydrogens (tertiary/aromatic N) is 2. The highest BCUT2D eigenvalue weighted by Crippen LogP contribution is 2.39. The summed E-state index contributed by atoms with van der Waals surface area (Å²) in [5.74, 6) is -0.288. The van der Waals surface area contributed by atoms with Gasteiger partial charge in [-0.15, -0.1) is 0 Å². The molecule has 1 saturated carbocycles. The molecule has 0 aromatic carbocycles. The van der Waals surface area contributed by atoms with Crippen LogP contribution in [0.3, 0.4) is 0 Å². The summed E-state index contributed by atoms with van der Waals surface area (Å²) in [7, 11) is 1.89. The van der Waals surface area contributed by atoms with Crippen molar-refractivity contribution >= 4 is 11.9 Å². The van der Waals surface area contributed by atoms with Gasteiger partial charge >= 0.3 is 11.9 Å². The first-order valence-electron chi connectivity index (χ1n) is 26.2. The monoisotopic (exact) mass is 891 g/mol.